The second kappa shape index (κ2) is 4.97. The summed E-state index contributed by atoms with van der Waals surface area (Å²) in [6.45, 7) is 11.6. The molecule has 0 saturated heterocycles. The van der Waals surface area contributed by atoms with Gasteiger partial charge in [-0.05, 0) is 45.7 Å². The average molecular weight is 284 g/mol. The highest BCUT2D eigenvalue weighted by molar-refractivity contribution is 5.67. The largest absolute Gasteiger partial charge is 0.211 e. The van der Waals surface area contributed by atoms with Crippen molar-refractivity contribution in [3.8, 4) is 0 Å². The van der Waals surface area contributed by atoms with Crippen molar-refractivity contribution in [2.24, 2.45) is 5.41 Å². The summed E-state index contributed by atoms with van der Waals surface area (Å²) < 4.78 is 2.61. The minimum absolute atomic E-state index is 0.238. The second-order valence-electron chi connectivity index (χ2n) is 8.16. The summed E-state index contributed by atoms with van der Waals surface area (Å²) in [6.07, 6.45) is 10.9. The van der Waals surface area contributed by atoms with E-state index in [1.54, 1.807) is 0 Å². The van der Waals surface area contributed by atoms with Crippen LogP contribution >= 0.6 is 0 Å². The van der Waals surface area contributed by atoms with E-state index in [0.717, 1.165) is 0 Å². The Balaban J connectivity index is 2.10. The number of rotatable bonds is 1. The van der Waals surface area contributed by atoms with Crippen LogP contribution < -0.4 is 0 Å². The smallest absolute Gasteiger partial charge is 0.197 e. The Morgan fingerprint density at radius 3 is 2.05 bits per heavy atom. The summed E-state index contributed by atoms with van der Waals surface area (Å²) in [5.74, 6) is 0. The molecule has 114 valence electrons. The molecule has 0 unspecified atom stereocenters. The van der Waals surface area contributed by atoms with Gasteiger partial charge in [-0.3, -0.25) is 0 Å². The fourth-order valence-electron chi connectivity index (χ4n) is 4.92. The SMILES string of the molecule is Cc1cc(C)c([N+]2=CC3(CCCCC3)CC2(C)C)c(C)c1. The molecule has 0 atom stereocenters. The topological polar surface area (TPSA) is 3.01 Å². The van der Waals surface area contributed by atoms with E-state index in [1.807, 2.05) is 0 Å². The van der Waals surface area contributed by atoms with Gasteiger partial charge in [-0.1, -0.05) is 24.8 Å². The van der Waals surface area contributed by atoms with E-state index in [-0.39, 0.29) is 5.54 Å². The third kappa shape index (κ3) is 2.56. The number of benzene rings is 1. The zero-order valence-corrected chi connectivity index (χ0v) is 14.4. The highest BCUT2D eigenvalue weighted by Gasteiger charge is 2.51. The minimum atomic E-state index is 0.238. The third-order valence-corrected chi connectivity index (χ3v) is 5.57. The molecule has 0 radical (unpaired) electrons. The van der Waals surface area contributed by atoms with Crippen LogP contribution in [0.4, 0.5) is 5.69 Å². The summed E-state index contributed by atoms with van der Waals surface area (Å²) >= 11 is 0. The zero-order valence-electron chi connectivity index (χ0n) is 14.4. The summed E-state index contributed by atoms with van der Waals surface area (Å²) in [5.41, 5.74) is 6.37. The van der Waals surface area contributed by atoms with E-state index in [4.69, 9.17) is 0 Å². The number of hydrogen-bond donors (Lipinski definition) is 0. The molecule has 1 aromatic rings. The minimum Gasteiger partial charge on any atom is -0.197 e. The molecule has 1 saturated carbocycles. The third-order valence-electron chi connectivity index (χ3n) is 5.57. The number of hydrogen-bond acceptors (Lipinski definition) is 0. The molecular weight excluding hydrogens is 254 g/mol. The molecule has 1 aromatic carbocycles. The van der Waals surface area contributed by atoms with E-state index < -0.39 is 0 Å². The monoisotopic (exact) mass is 284 g/mol. The lowest BCUT2D eigenvalue weighted by molar-refractivity contribution is -0.512. The van der Waals surface area contributed by atoms with Gasteiger partial charge in [0.05, 0.1) is 5.41 Å². The summed E-state index contributed by atoms with van der Waals surface area (Å²) in [4.78, 5) is 0. The maximum absolute atomic E-state index is 2.61. The lowest BCUT2D eigenvalue weighted by atomic mass is 9.71. The van der Waals surface area contributed by atoms with Crippen LogP contribution in [0.3, 0.4) is 0 Å². The Kier molecular flexibility index (Phi) is 3.50. The predicted octanol–water partition coefficient (Wildman–Crippen LogP) is 5.46. The van der Waals surface area contributed by atoms with E-state index in [2.05, 4.69) is 57.5 Å². The lowest BCUT2D eigenvalue weighted by Gasteiger charge is -2.29. The molecule has 1 heterocycles. The van der Waals surface area contributed by atoms with Crippen molar-refractivity contribution >= 4 is 11.9 Å². The van der Waals surface area contributed by atoms with Crippen molar-refractivity contribution in [3.05, 3.63) is 28.8 Å². The van der Waals surface area contributed by atoms with Crippen LogP contribution in [0.25, 0.3) is 0 Å². The normalized spacial score (nSPS) is 23.4. The van der Waals surface area contributed by atoms with Crippen LogP contribution in [-0.4, -0.2) is 16.3 Å². The van der Waals surface area contributed by atoms with E-state index in [1.165, 1.54) is 60.9 Å². The van der Waals surface area contributed by atoms with Crippen LogP contribution in [-0.2, 0) is 0 Å². The molecule has 0 amide bonds. The van der Waals surface area contributed by atoms with Crippen molar-refractivity contribution in [2.45, 2.75) is 78.7 Å². The highest BCUT2D eigenvalue weighted by Crippen LogP contribution is 2.48. The van der Waals surface area contributed by atoms with Crippen molar-refractivity contribution in [3.63, 3.8) is 0 Å². The first-order valence-electron chi connectivity index (χ1n) is 8.56. The van der Waals surface area contributed by atoms with Crippen LogP contribution in [0.5, 0.6) is 0 Å². The van der Waals surface area contributed by atoms with Gasteiger partial charge in [0.1, 0.15) is 0 Å². The summed E-state index contributed by atoms with van der Waals surface area (Å²) in [7, 11) is 0. The summed E-state index contributed by atoms with van der Waals surface area (Å²) in [6, 6.07) is 4.66. The Labute approximate surface area is 130 Å². The Morgan fingerprint density at radius 1 is 0.905 bits per heavy atom. The first-order chi connectivity index (χ1) is 9.83. The number of aryl methyl sites for hydroxylation is 3. The Hall–Kier alpha value is -1.11. The molecule has 1 aliphatic carbocycles. The highest BCUT2D eigenvalue weighted by atomic mass is 15.1. The van der Waals surface area contributed by atoms with Gasteiger partial charge in [0.25, 0.3) is 0 Å². The van der Waals surface area contributed by atoms with Crippen LogP contribution in [0, 0.1) is 26.2 Å². The lowest BCUT2D eigenvalue weighted by Crippen LogP contribution is -2.31. The first kappa shape index (κ1) is 14.8. The maximum Gasteiger partial charge on any atom is 0.211 e. The zero-order chi connectivity index (χ0) is 15.3. The molecule has 21 heavy (non-hydrogen) atoms. The quantitative estimate of drug-likeness (QED) is 0.602. The average Bonchev–Trinajstić information content (AvgIpc) is 2.60. The molecule has 1 aliphatic heterocycles. The molecule has 0 bridgehead atoms. The van der Waals surface area contributed by atoms with Gasteiger partial charge in [0, 0.05) is 31.4 Å². The Morgan fingerprint density at radius 2 is 1.48 bits per heavy atom. The van der Waals surface area contributed by atoms with Gasteiger partial charge in [0.2, 0.25) is 5.69 Å². The van der Waals surface area contributed by atoms with E-state index in [9.17, 15) is 0 Å². The van der Waals surface area contributed by atoms with Gasteiger partial charge < -0.3 is 0 Å². The van der Waals surface area contributed by atoms with Crippen LogP contribution in [0.1, 0.15) is 69.1 Å². The molecular formula is C20H30N+. The standard InChI is InChI=1S/C20H30N/c1-15-11-16(2)18(17(3)12-15)21-14-20(13-19(21,4)5)9-7-6-8-10-20/h11-12,14H,6-10,13H2,1-5H3/q+1. The van der Waals surface area contributed by atoms with E-state index in [0.29, 0.717) is 5.41 Å². The van der Waals surface area contributed by atoms with Gasteiger partial charge >= 0.3 is 0 Å². The second-order valence-corrected chi connectivity index (χ2v) is 8.16. The Bertz CT molecular complexity index is 563. The summed E-state index contributed by atoms with van der Waals surface area (Å²) in [5, 5.41) is 0. The van der Waals surface area contributed by atoms with E-state index >= 15 is 0 Å². The fourth-order valence-corrected chi connectivity index (χ4v) is 4.92. The molecule has 1 heteroatoms. The molecule has 3 rings (SSSR count). The van der Waals surface area contributed by atoms with Gasteiger partial charge in [-0.15, -0.1) is 0 Å². The van der Waals surface area contributed by atoms with Crippen LogP contribution in [0.15, 0.2) is 12.1 Å². The molecule has 2 aliphatic rings. The van der Waals surface area contributed by atoms with Gasteiger partial charge in [0.15, 0.2) is 11.8 Å². The van der Waals surface area contributed by atoms with Crippen molar-refractivity contribution in [2.75, 3.05) is 0 Å². The molecule has 1 nitrogen and oxygen atoms in total. The fraction of sp³-hybridized carbons (Fsp3) is 0.650. The molecule has 0 aromatic heterocycles. The molecule has 1 spiro atoms. The predicted molar refractivity (Wildman–Crippen MR) is 90.9 cm³/mol. The van der Waals surface area contributed by atoms with Crippen LogP contribution in [0.2, 0.25) is 0 Å². The number of nitrogens with zero attached hydrogens (tertiary/aromatic N) is 1. The molecule has 1 fully saturated rings. The van der Waals surface area contributed by atoms with Gasteiger partial charge in [-0.2, -0.15) is 4.58 Å². The van der Waals surface area contributed by atoms with Crippen molar-refractivity contribution in [1.82, 2.24) is 0 Å². The molecule has 0 N–H and O–H groups in total. The maximum atomic E-state index is 2.61. The van der Waals surface area contributed by atoms with Crippen molar-refractivity contribution < 1.29 is 4.58 Å². The van der Waals surface area contributed by atoms with Crippen molar-refractivity contribution in [1.29, 1.82) is 0 Å². The van der Waals surface area contributed by atoms with Gasteiger partial charge in [-0.25, -0.2) is 0 Å². The first-order valence-corrected chi connectivity index (χ1v) is 8.56.